The van der Waals surface area contributed by atoms with Gasteiger partial charge in [0.1, 0.15) is 0 Å². The summed E-state index contributed by atoms with van der Waals surface area (Å²) in [5.74, 6) is 0. The molecule has 1 aliphatic rings. The molecule has 0 spiro atoms. The Balaban J connectivity index is 2.17. The molecule has 3 nitrogen and oxygen atoms in total. The van der Waals surface area contributed by atoms with Crippen molar-refractivity contribution in [2.45, 2.75) is 44.4 Å². The predicted molar refractivity (Wildman–Crippen MR) is 59.8 cm³/mol. The molecule has 1 rings (SSSR count). The molecule has 0 aromatic rings. The first-order chi connectivity index (χ1) is 7.90. The van der Waals surface area contributed by atoms with Gasteiger partial charge in [0.25, 0.3) is 0 Å². The van der Waals surface area contributed by atoms with Crippen LogP contribution in [0.5, 0.6) is 0 Å². The summed E-state index contributed by atoms with van der Waals surface area (Å²) in [6.45, 7) is 3.49. The van der Waals surface area contributed by atoms with Crippen molar-refractivity contribution in [2.24, 2.45) is 0 Å². The van der Waals surface area contributed by atoms with E-state index in [1.807, 2.05) is 11.8 Å². The smallest absolute Gasteiger partial charge is 0.390 e. The van der Waals surface area contributed by atoms with E-state index in [-0.39, 0.29) is 19.2 Å². The average molecular weight is 254 g/mol. The summed E-state index contributed by atoms with van der Waals surface area (Å²) in [7, 11) is 0. The topological polar surface area (TPSA) is 35.5 Å². The minimum Gasteiger partial charge on any atom is -0.395 e. The molecule has 0 amide bonds. The molecule has 1 heterocycles. The highest BCUT2D eigenvalue weighted by Crippen LogP contribution is 2.21. The van der Waals surface area contributed by atoms with Gasteiger partial charge in [-0.15, -0.1) is 0 Å². The third-order valence-electron chi connectivity index (χ3n) is 3.09. The predicted octanol–water partition coefficient (Wildman–Crippen LogP) is 1.37. The molecule has 0 aromatic carbocycles. The van der Waals surface area contributed by atoms with E-state index in [1.165, 1.54) is 0 Å². The summed E-state index contributed by atoms with van der Waals surface area (Å²) in [5.41, 5.74) is 0. The van der Waals surface area contributed by atoms with Crippen LogP contribution in [0.4, 0.5) is 13.2 Å². The largest absolute Gasteiger partial charge is 0.395 e. The molecule has 0 aliphatic carbocycles. The van der Waals surface area contributed by atoms with Gasteiger partial charge in [0, 0.05) is 18.6 Å². The van der Waals surface area contributed by atoms with Crippen LogP contribution in [-0.2, 0) is 0 Å². The van der Waals surface area contributed by atoms with Crippen molar-refractivity contribution in [3.05, 3.63) is 0 Å². The van der Waals surface area contributed by atoms with Crippen molar-refractivity contribution in [3.63, 3.8) is 0 Å². The van der Waals surface area contributed by atoms with Gasteiger partial charge < -0.3 is 15.3 Å². The third kappa shape index (κ3) is 6.24. The maximum absolute atomic E-state index is 12.0. The molecule has 1 atom stereocenters. The summed E-state index contributed by atoms with van der Waals surface area (Å²) in [6.07, 6.45) is -3.08. The molecular weight excluding hydrogens is 233 g/mol. The average Bonchev–Trinajstić information content (AvgIpc) is 2.27. The lowest BCUT2D eigenvalue weighted by Gasteiger charge is -2.33. The first-order valence-corrected chi connectivity index (χ1v) is 6.06. The highest BCUT2D eigenvalue weighted by molar-refractivity contribution is 4.79. The van der Waals surface area contributed by atoms with Gasteiger partial charge in [-0.1, -0.05) is 0 Å². The van der Waals surface area contributed by atoms with Crippen LogP contribution >= 0.6 is 0 Å². The van der Waals surface area contributed by atoms with E-state index < -0.39 is 12.6 Å². The molecule has 17 heavy (non-hydrogen) atoms. The Morgan fingerprint density at radius 3 is 2.41 bits per heavy atom. The number of likely N-dealkylation sites (tertiary alicyclic amines) is 1. The maximum atomic E-state index is 12.0. The Hall–Kier alpha value is -0.330. The Morgan fingerprint density at radius 2 is 1.94 bits per heavy atom. The lowest BCUT2D eigenvalue weighted by Crippen LogP contribution is -2.46. The number of hydrogen-bond acceptors (Lipinski definition) is 3. The lowest BCUT2D eigenvalue weighted by molar-refractivity contribution is -0.138. The van der Waals surface area contributed by atoms with Gasteiger partial charge in [-0.05, 0) is 32.9 Å². The van der Waals surface area contributed by atoms with Crippen LogP contribution in [-0.4, -0.2) is 54.5 Å². The van der Waals surface area contributed by atoms with E-state index in [4.69, 9.17) is 5.11 Å². The van der Waals surface area contributed by atoms with Crippen LogP contribution in [0.15, 0.2) is 0 Å². The SMILES string of the molecule is C[C@H](CO)NC1CCN(CCC(F)(F)F)CC1. The number of rotatable bonds is 5. The Kier molecular flexibility index (Phi) is 5.69. The van der Waals surface area contributed by atoms with Crippen LogP contribution in [0, 0.1) is 0 Å². The van der Waals surface area contributed by atoms with Crippen molar-refractivity contribution in [1.29, 1.82) is 0 Å². The second-order valence-electron chi connectivity index (χ2n) is 4.73. The van der Waals surface area contributed by atoms with E-state index in [9.17, 15) is 13.2 Å². The molecule has 6 heteroatoms. The fourth-order valence-corrected chi connectivity index (χ4v) is 2.06. The van der Waals surface area contributed by atoms with Crippen LogP contribution in [0.3, 0.4) is 0 Å². The quantitative estimate of drug-likeness (QED) is 0.778. The van der Waals surface area contributed by atoms with Crippen molar-refractivity contribution in [2.75, 3.05) is 26.2 Å². The minimum absolute atomic E-state index is 0.0572. The number of halogens is 3. The van der Waals surface area contributed by atoms with E-state index >= 15 is 0 Å². The number of piperidine rings is 1. The summed E-state index contributed by atoms with van der Waals surface area (Å²) in [4.78, 5) is 1.86. The van der Waals surface area contributed by atoms with Crippen molar-refractivity contribution in [3.8, 4) is 0 Å². The first-order valence-electron chi connectivity index (χ1n) is 6.06. The molecule has 0 unspecified atom stereocenters. The zero-order valence-corrected chi connectivity index (χ0v) is 10.1. The highest BCUT2D eigenvalue weighted by Gasteiger charge is 2.29. The highest BCUT2D eigenvalue weighted by atomic mass is 19.4. The molecular formula is C11H21F3N2O. The van der Waals surface area contributed by atoms with E-state index in [0.717, 1.165) is 12.8 Å². The van der Waals surface area contributed by atoms with Crippen LogP contribution in [0.2, 0.25) is 0 Å². The van der Waals surface area contributed by atoms with Crippen LogP contribution < -0.4 is 5.32 Å². The van der Waals surface area contributed by atoms with Gasteiger partial charge in [-0.25, -0.2) is 0 Å². The van der Waals surface area contributed by atoms with Crippen molar-refractivity contribution >= 4 is 0 Å². The monoisotopic (exact) mass is 254 g/mol. The number of alkyl halides is 3. The standard InChI is InChI=1S/C11H21F3N2O/c1-9(8-17)15-10-2-5-16(6-3-10)7-4-11(12,13)14/h9-10,15,17H,2-8H2,1H3/t9-/m1/s1. The molecule has 0 radical (unpaired) electrons. The fraction of sp³-hybridized carbons (Fsp3) is 1.00. The van der Waals surface area contributed by atoms with Gasteiger partial charge in [0.15, 0.2) is 0 Å². The number of hydrogen-bond donors (Lipinski definition) is 2. The Labute approximate surface area is 100.0 Å². The molecule has 1 aliphatic heterocycles. The zero-order valence-electron chi connectivity index (χ0n) is 10.1. The number of nitrogens with zero attached hydrogens (tertiary/aromatic N) is 1. The minimum atomic E-state index is -4.06. The molecule has 0 aromatic heterocycles. The molecule has 0 saturated carbocycles. The molecule has 102 valence electrons. The van der Waals surface area contributed by atoms with Gasteiger partial charge in [0.2, 0.25) is 0 Å². The van der Waals surface area contributed by atoms with Gasteiger partial charge in [0.05, 0.1) is 13.0 Å². The lowest BCUT2D eigenvalue weighted by atomic mass is 10.0. The Bertz CT molecular complexity index is 215. The van der Waals surface area contributed by atoms with Gasteiger partial charge in [-0.3, -0.25) is 0 Å². The van der Waals surface area contributed by atoms with E-state index in [1.54, 1.807) is 0 Å². The molecule has 1 fully saturated rings. The normalized spacial score (nSPS) is 21.7. The van der Waals surface area contributed by atoms with E-state index in [0.29, 0.717) is 19.1 Å². The van der Waals surface area contributed by atoms with Crippen LogP contribution in [0.1, 0.15) is 26.2 Å². The summed E-state index contributed by atoms with van der Waals surface area (Å²) in [5, 5.41) is 12.2. The van der Waals surface area contributed by atoms with E-state index in [2.05, 4.69) is 5.32 Å². The Morgan fingerprint density at radius 1 is 1.35 bits per heavy atom. The van der Waals surface area contributed by atoms with Crippen molar-refractivity contribution in [1.82, 2.24) is 10.2 Å². The number of nitrogens with one attached hydrogen (secondary N) is 1. The summed E-state index contributed by atoms with van der Waals surface area (Å²) < 4.78 is 36.1. The second kappa shape index (κ2) is 6.56. The summed E-state index contributed by atoms with van der Waals surface area (Å²) >= 11 is 0. The third-order valence-corrected chi connectivity index (χ3v) is 3.09. The second-order valence-corrected chi connectivity index (χ2v) is 4.73. The molecule has 0 bridgehead atoms. The van der Waals surface area contributed by atoms with Gasteiger partial charge in [-0.2, -0.15) is 13.2 Å². The molecule has 2 N–H and O–H groups in total. The van der Waals surface area contributed by atoms with Crippen molar-refractivity contribution < 1.29 is 18.3 Å². The first kappa shape index (κ1) is 14.7. The van der Waals surface area contributed by atoms with Gasteiger partial charge >= 0.3 is 6.18 Å². The number of aliphatic hydroxyl groups is 1. The molecule has 1 saturated heterocycles. The van der Waals surface area contributed by atoms with Crippen LogP contribution in [0.25, 0.3) is 0 Å². The summed E-state index contributed by atoms with van der Waals surface area (Å²) in [6, 6.07) is 0.376. The fourth-order valence-electron chi connectivity index (χ4n) is 2.06. The number of aliphatic hydroxyl groups excluding tert-OH is 1. The maximum Gasteiger partial charge on any atom is 0.390 e. The zero-order chi connectivity index (χ0) is 12.9.